The van der Waals surface area contributed by atoms with Crippen molar-refractivity contribution in [1.82, 2.24) is 14.8 Å². The van der Waals surface area contributed by atoms with Crippen LogP contribution in [0.25, 0.3) is 0 Å². The van der Waals surface area contributed by atoms with Gasteiger partial charge in [-0.15, -0.1) is 10.2 Å². The monoisotopic (exact) mass is 441 g/mol. The number of carbonyl (C=O) groups is 1. The Morgan fingerprint density at radius 3 is 2.48 bits per heavy atom. The highest BCUT2D eigenvalue weighted by Crippen LogP contribution is 2.60. The van der Waals surface area contributed by atoms with Crippen LogP contribution in [0.5, 0.6) is 0 Å². The van der Waals surface area contributed by atoms with E-state index in [4.69, 9.17) is 0 Å². The molecule has 4 bridgehead atoms. The van der Waals surface area contributed by atoms with Gasteiger partial charge in [0.05, 0.1) is 10.7 Å². The summed E-state index contributed by atoms with van der Waals surface area (Å²) in [5, 5.41) is 23.2. The molecule has 0 atom stereocenters. The Bertz CT molecular complexity index is 985. The number of nitro benzene ring substituents is 1. The SMILES string of the molecule is Cn1c(CC23CC4CC(CC(C4)C2)C3)nnc1SCC(=O)Nc1ccccc1[N+](=O)[O-]. The van der Waals surface area contributed by atoms with Gasteiger partial charge < -0.3 is 9.88 Å². The number of benzene rings is 1. The minimum atomic E-state index is -0.498. The van der Waals surface area contributed by atoms with E-state index in [1.165, 1.54) is 62.4 Å². The first-order valence-corrected chi connectivity index (χ1v) is 11.9. The van der Waals surface area contributed by atoms with Gasteiger partial charge in [0.1, 0.15) is 11.5 Å². The van der Waals surface area contributed by atoms with Gasteiger partial charge in [0.25, 0.3) is 5.69 Å². The van der Waals surface area contributed by atoms with Crippen LogP contribution in [-0.2, 0) is 18.3 Å². The number of aromatic nitrogens is 3. The molecule has 0 saturated heterocycles. The first-order valence-electron chi connectivity index (χ1n) is 11.0. The zero-order valence-electron chi connectivity index (χ0n) is 17.6. The quantitative estimate of drug-likeness (QED) is 0.392. The first kappa shape index (κ1) is 20.5. The number of rotatable bonds is 7. The lowest BCUT2D eigenvalue weighted by molar-refractivity contribution is -0.383. The van der Waals surface area contributed by atoms with E-state index >= 15 is 0 Å². The molecule has 9 heteroatoms. The van der Waals surface area contributed by atoms with Gasteiger partial charge in [0, 0.05) is 19.5 Å². The average molecular weight is 442 g/mol. The molecule has 0 spiro atoms. The van der Waals surface area contributed by atoms with Crippen LogP contribution in [0, 0.1) is 33.3 Å². The average Bonchev–Trinajstić information content (AvgIpc) is 3.04. The van der Waals surface area contributed by atoms with Crippen molar-refractivity contribution < 1.29 is 9.72 Å². The fourth-order valence-electron chi connectivity index (χ4n) is 6.52. The predicted octanol–water partition coefficient (Wildman–Crippen LogP) is 4.21. The van der Waals surface area contributed by atoms with Crippen molar-refractivity contribution in [2.75, 3.05) is 11.1 Å². The molecule has 4 aliphatic rings. The number of thioether (sulfide) groups is 1. The van der Waals surface area contributed by atoms with Crippen LogP contribution in [-0.4, -0.2) is 31.3 Å². The Morgan fingerprint density at radius 2 is 1.84 bits per heavy atom. The van der Waals surface area contributed by atoms with E-state index in [0.29, 0.717) is 10.6 Å². The molecule has 164 valence electrons. The predicted molar refractivity (Wildman–Crippen MR) is 118 cm³/mol. The second kappa shape index (κ2) is 7.93. The van der Waals surface area contributed by atoms with Crippen LogP contribution < -0.4 is 5.32 Å². The number of hydrogen-bond acceptors (Lipinski definition) is 6. The van der Waals surface area contributed by atoms with Crippen LogP contribution in [0.2, 0.25) is 0 Å². The summed E-state index contributed by atoms with van der Waals surface area (Å²) in [4.78, 5) is 23.0. The third-order valence-corrected chi connectivity index (χ3v) is 8.35. The van der Waals surface area contributed by atoms with E-state index in [2.05, 4.69) is 15.5 Å². The van der Waals surface area contributed by atoms with Crippen molar-refractivity contribution >= 4 is 29.0 Å². The van der Waals surface area contributed by atoms with Gasteiger partial charge in [-0.1, -0.05) is 23.9 Å². The Hall–Kier alpha value is -2.42. The van der Waals surface area contributed by atoms with Crippen molar-refractivity contribution in [1.29, 1.82) is 0 Å². The van der Waals surface area contributed by atoms with Crippen molar-refractivity contribution in [2.45, 2.75) is 50.1 Å². The van der Waals surface area contributed by atoms with Gasteiger partial charge >= 0.3 is 0 Å². The number of para-hydroxylation sites is 2. The summed E-state index contributed by atoms with van der Waals surface area (Å²) in [5.74, 6) is 3.53. The third kappa shape index (κ3) is 4.07. The molecule has 1 heterocycles. The Kier molecular flexibility index (Phi) is 5.24. The summed E-state index contributed by atoms with van der Waals surface area (Å²) in [6, 6.07) is 6.15. The summed E-state index contributed by atoms with van der Waals surface area (Å²) < 4.78 is 2.02. The zero-order chi connectivity index (χ0) is 21.6. The molecule has 8 nitrogen and oxygen atoms in total. The van der Waals surface area contributed by atoms with E-state index < -0.39 is 4.92 Å². The summed E-state index contributed by atoms with van der Waals surface area (Å²) in [7, 11) is 1.97. The Morgan fingerprint density at radius 1 is 1.19 bits per heavy atom. The summed E-state index contributed by atoms with van der Waals surface area (Å²) in [6.45, 7) is 0. The molecule has 0 aliphatic heterocycles. The van der Waals surface area contributed by atoms with Gasteiger partial charge in [-0.2, -0.15) is 0 Å². The normalized spacial score (nSPS) is 28.6. The number of nitro groups is 1. The molecule has 4 aliphatic carbocycles. The summed E-state index contributed by atoms with van der Waals surface area (Å²) >= 11 is 1.31. The first-order chi connectivity index (χ1) is 14.9. The van der Waals surface area contributed by atoms with E-state index in [-0.39, 0.29) is 23.0 Å². The molecule has 1 aromatic carbocycles. The van der Waals surface area contributed by atoms with E-state index in [1.54, 1.807) is 12.1 Å². The smallest absolute Gasteiger partial charge is 0.292 e. The third-order valence-electron chi connectivity index (χ3n) is 7.33. The lowest BCUT2D eigenvalue weighted by Gasteiger charge is -2.56. The maximum atomic E-state index is 12.4. The molecule has 6 rings (SSSR count). The number of nitrogens with zero attached hydrogens (tertiary/aromatic N) is 4. The van der Waals surface area contributed by atoms with Gasteiger partial charge in [0.15, 0.2) is 5.16 Å². The molecule has 1 aromatic heterocycles. The second-order valence-electron chi connectivity index (χ2n) is 9.66. The van der Waals surface area contributed by atoms with Crippen molar-refractivity contribution in [3.8, 4) is 0 Å². The Labute approximate surface area is 185 Å². The number of hydrogen-bond donors (Lipinski definition) is 1. The fraction of sp³-hybridized carbons (Fsp3) is 0.591. The number of amides is 1. The minimum absolute atomic E-state index is 0.114. The maximum absolute atomic E-state index is 12.4. The number of anilines is 1. The van der Waals surface area contributed by atoms with Crippen LogP contribution in [0.15, 0.2) is 29.4 Å². The summed E-state index contributed by atoms with van der Waals surface area (Å²) in [5.41, 5.74) is 0.483. The molecular formula is C22H27N5O3S. The van der Waals surface area contributed by atoms with Crippen molar-refractivity contribution in [3.63, 3.8) is 0 Å². The fourth-order valence-corrected chi connectivity index (χ4v) is 7.25. The van der Waals surface area contributed by atoms with Crippen LogP contribution in [0.3, 0.4) is 0 Å². The number of nitrogens with one attached hydrogen (secondary N) is 1. The van der Waals surface area contributed by atoms with Crippen molar-refractivity contribution in [2.24, 2.45) is 30.2 Å². The van der Waals surface area contributed by atoms with Crippen LogP contribution >= 0.6 is 11.8 Å². The van der Waals surface area contributed by atoms with E-state index in [9.17, 15) is 14.9 Å². The van der Waals surface area contributed by atoms with Gasteiger partial charge in [-0.25, -0.2) is 0 Å². The summed E-state index contributed by atoms with van der Waals surface area (Å²) in [6.07, 6.45) is 9.23. The van der Waals surface area contributed by atoms with E-state index in [1.807, 2.05) is 11.6 Å². The minimum Gasteiger partial charge on any atom is -0.320 e. The molecule has 4 fully saturated rings. The van der Waals surface area contributed by atoms with Crippen LogP contribution in [0.1, 0.15) is 44.3 Å². The Balaban J connectivity index is 1.21. The largest absolute Gasteiger partial charge is 0.320 e. The lowest BCUT2D eigenvalue weighted by Crippen LogP contribution is -2.47. The molecule has 0 unspecified atom stereocenters. The van der Waals surface area contributed by atoms with Gasteiger partial charge in [0.2, 0.25) is 5.91 Å². The zero-order valence-corrected chi connectivity index (χ0v) is 18.4. The van der Waals surface area contributed by atoms with Crippen molar-refractivity contribution in [3.05, 3.63) is 40.2 Å². The van der Waals surface area contributed by atoms with Gasteiger partial charge in [-0.3, -0.25) is 14.9 Å². The molecule has 2 aromatic rings. The standard InChI is InChI=1S/C22H27N5O3S/c1-26-19(12-22-9-14-6-15(10-22)8-16(7-14)11-22)24-25-21(26)31-13-20(28)23-17-4-2-3-5-18(17)27(29)30/h2-5,14-16H,6-13H2,1H3,(H,23,28). The molecule has 1 N–H and O–H groups in total. The highest BCUT2D eigenvalue weighted by Gasteiger charge is 2.51. The topological polar surface area (TPSA) is 103 Å². The molecule has 0 radical (unpaired) electrons. The maximum Gasteiger partial charge on any atom is 0.292 e. The molecule has 31 heavy (non-hydrogen) atoms. The molecular weight excluding hydrogens is 414 g/mol. The molecule has 1 amide bonds. The second-order valence-corrected chi connectivity index (χ2v) is 10.6. The highest BCUT2D eigenvalue weighted by atomic mass is 32.2. The van der Waals surface area contributed by atoms with Gasteiger partial charge in [-0.05, 0) is 67.8 Å². The number of carbonyl (C=O) groups excluding carboxylic acids is 1. The molecule has 4 saturated carbocycles. The lowest BCUT2D eigenvalue weighted by atomic mass is 9.49. The van der Waals surface area contributed by atoms with E-state index in [0.717, 1.165) is 30.0 Å². The highest BCUT2D eigenvalue weighted by molar-refractivity contribution is 7.99. The van der Waals surface area contributed by atoms with Crippen LogP contribution in [0.4, 0.5) is 11.4 Å².